The van der Waals surface area contributed by atoms with Gasteiger partial charge >= 0.3 is 0 Å². The van der Waals surface area contributed by atoms with Crippen LogP contribution in [0.25, 0.3) is 0 Å². The summed E-state index contributed by atoms with van der Waals surface area (Å²) in [7, 11) is 7.97. The van der Waals surface area contributed by atoms with E-state index in [-0.39, 0.29) is 24.0 Å². The molecule has 2 rings (SSSR count). The number of nitrogens with one attached hydrogen (secondary N) is 1. The molecule has 0 aliphatic carbocycles. The summed E-state index contributed by atoms with van der Waals surface area (Å²) in [5, 5.41) is 3.39. The number of guanidine groups is 1. The molecule has 1 aromatic carbocycles. The van der Waals surface area contributed by atoms with Crippen molar-refractivity contribution < 1.29 is 0 Å². The van der Waals surface area contributed by atoms with Gasteiger partial charge in [0.05, 0.1) is 6.54 Å². The van der Waals surface area contributed by atoms with Gasteiger partial charge in [-0.2, -0.15) is 0 Å². The number of anilines is 1. The molecule has 0 saturated carbocycles. The summed E-state index contributed by atoms with van der Waals surface area (Å²) in [5.74, 6) is 1.82. The standard InChI is InChI=1S/C18H25N5.HI/c1-22(2)17-12-16(10-11-19-17)14-21-18(23(3)4)20-13-15-8-6-5-7-9-15;/h5-12H,13-14H2,1-4H3,(H,20,21);1H. The summed E-state index contributed by atoms with van der Waals surface area (Å²) in [6.45, 7) is 1.38. The third-order valence-electron chi connectivity index (χ3n) is 3.40. The van der Waals surface area contributed by atoms with E-state index in [2.05, 4.69) is 28.5 Å². The van der Waals surface area contributed by atoms with Gasteiger partial charge in [0.25, 0.3) is 0 Å². The summed E-state index contributed by atoms with van der Waals surface area (Å²) in [6, 6.07) is 14.4. The fourth-order valence-corrected chi connectivity index (χ4v) is 2.10. The van der Waals surface area contributed by atoms with E-state index in [0.29, 0.717) is 6.54 Å². The van der Waals surface area contributed by atoms with Crippen LogP contribution in [-0.4, -0.2) is 44.0 Å². The molecule has 0 saturated heterocycles. The molecule has 6 heteroatoms. The molecular weight excluding hydrogens is 413 g/mol. The zero-order valence-electron chi connectivity index (χ0n) is 14.7. The molecule has 0 unspecified atom stereocenters. The summed E-state index contributed by atoms with van der Waals surface area (Å²) in [6.07, 6.45) is 1.83. The minimum atomic E-state index is 0. The smallest absolute Gasteiger partial charge is 0.194 e. The van der Waals surface area contributed by atoms with Crippen molar-refractivity contribution in [2.24, 2.45) is 4.99 Å². The fraction of sp³-hybridized carbons (Fsp3) is 0.333. The molecule has 0 aliphatic rings. The molecule has 0 spiro atoms. The van der Waals surface area contributed by atoms with Crippen LogP contribution in [0.3, 0.4) is 0 Å². The number of aromatic nitrogens is 1. The van der Waals surface area contributed by atoms with E-state index in [0.717, 1.165) is 23.9 Å². The van der Waals surface area contributed by atoms with Crippen LogP contribution in [0.2, 0.25) is 0 Å². The second kappa shape index (κ2) is 10.1. The van der Waals surface area contributed by atoms with Crippen molar-refractivity contribution in [3.05, 3.63) is 59.8 Å². The molecular formula is C18H26IN5. The van der Waals surface area contributed by atoms with Gasteiger partial charge < -0.3 is 15.1 Å². The Labute approximate surface area is 161 Å². The van der Waals surface area contributed by atoms with E-state index >= 15 is 0 Å². The van der Waals surface area contributed by atoms with E-state index in [9.17, 15) is 0 Å². The minimum absolute atomic E-state index is 0. The van der Waals surface area contributed by atoms with Gasteiger partial charge in [-0.1, -0.05) is 30.3 Å². The molecule has 0 bridgehead atoms. The lowest BCUT2D eigenvalue weighted by atomic mass is 10.2. The van der Waals surface area contributed by atoms with Crippen LogP contribution in [0.5, 0.6) is 0 Å². The summed E-state index contributed by atoms with van der Waals surface area (Å²) < 4.78 is 0. The topological polar surface area (TPSA) is 43.8 Å². The second-order valence-corrected chi connectivity index (χ2v) is 5.79. The lowest BCUT2D eigenvalue weighted by Gasteiger charge is -2.18. The van der Waals surface area contributed by atoms with Crippen LogP contribution in [0.15, 0.2) is 53.7 Å². The Hall–Kier alpha value is -1.83. The zero-order chi connectivity index (χ0) is 16.7. The average molecular weight is 439 g/mol. The van der Waals surface area contributed by atoms with Crippen molar-refractivity contribution in [3.63, 3.8) is 0 Å². The van der Waals surface area contributed by atoms with E-state index in [4.69, 9.17) is 4.99 Å². The largest absolute Gasteiger partial charge is 0.363 e. The van der Waals surface area contributed by atoms with Crippen LogP contribution < -0.4 is 10.2 Å². The van der Waals surface area contributed by atoms with Crippen molar-refractivity contribution in [1.29, 1.82) is 0 Å². The number of hydrogen-bond acceptors (Lipinski definition) is 3. The van der Waals surface area contributed by atoms with Gasteiger partial charge in [-0.25, -0.2) is 9.98 Å². The molecule has 1 N–H and O–H groups in total. The van der Waals surface area contributed by atoms with E-state index in [1.165, 1.54) is 5.56 Å². The lowest BCUT2D eigenvalue weighted by molar-refractivity contribution is 0.578. The summed E-state index contributed by atoms with van der Waals surface area (Å²) in [5.41, 5.74) is 2.38. The van der Waals surface area contributed by atoms with Crippen molar-refractivity contribution in [1.82, 2.24) is 15.2 Å². The molecule has 0 fully saturated rings. The van der Waals surface area contributed by atoms with Gasteiger partial charge in [-0.05, 0) is 23.3 Å². The number of nitrogens with zero attached hydrogens (tertiary/aromatic N) is 4. The van der Waals surface area contributed by atoms with Crippen molar-refractivity contribution >= 4 is 35.8 Å². The molecule has 0 atom stereocenters. The molecule has 2 aromatic rings. The van der Waals surface area contributed by atoms with Gasteiger partial charge in [0.1, 0.15) is 5.82 Å². The number of rotatable bonds is 5. The van der Waals surface area contributed by atoms with Crippen LogP contribution >= 0.6 is 24.0 Å². The van der Waals surface area contributed by atoms with Crippen molar-refractivity contribution in [2.45, 2.75) is 13.1 Å². The number of aliphatic imine (C=N–C) groups is 1. The molecule has 130 valence electrons. The highest BCUT2D eigenvalue weighted by atomic mass is 127. The monoisotopic (exact) mass is 439 g/mol. The SMILES string of the molecule is CN(C)C(=NCc1ccnc(N(C)C)c1)NCc1ccccc1.I. The zero-order valence-corrected chi connectivity index (χ0v) is 17.1. The third-order valence-corrected chi connectivity index (χ3v) is 3.40. The molecule has 5 nitrogen and oxygen atoms in total. The molecule has 0 radical (unpaired) electrons. The Morgan fingerprint density at radius 2 is 1.75 bits per heavy atom. The number of hydrogen-bond donors (Lipinski definition) is 1. The first kappa shape index (κ1) is 20.2. The highest BCUT2D eigenvalue weighted by Gasteiger charge is 2.03. The summed E-state index contributed by atoms with van der Waals surface area (Å²) in [4.78, 5) is 13.0. The predicted octanol–water partition coefficient (Wildman–Crippen LogP) is 2.97. The number of pyridine rings is 1. The maximum atomic E-state index is 4.69. The normalized spacial score (nSPS) is 10.8. The van der Waals surface area contributed by atoms with Crippen LogP contribution in [0, 0.1) is 0 Å². The fourth-order valence-electron chi connectivity index (χ4n) is 2.10. The van der Waals surface area contributed by atoms with Gasteiger partial charge in [-0.3, -0.25) is 0 Å². The van der Waals surface area contributed by atoms with Crippen molar-refractivity contribution in [3.8, 4) is 0 Å². The molecule has 24 heavy (non-hydrogen) atoms. The van der Waals surface area contributed by atoms with Crippen LogP contribution in [0.1, 0.15) is 11.1 Å². The first-order valence-electron chi connectivity index (χ1n) is 7.68. The Morgan fingerprint density at radius 1 is 1.04 bits per heavy atom. The van der Waals surface area contributed by atoms with E-state index in [1.54, 1.807) is 0 Å². The Bertz CT molecular complexity index is 641. The van der Waals surface area contributed by atoms with Crippen LogP contribution in [0.4, 0.5) is 5.82 Å². The van der Waals surface area contributed by atoms with Gasteiger partial charge in [0.15, 0.2) is 5.96 Å². The summed E-state index contributed by atoms with van der Waals surface area (Å²) >= 11 is 0. The Kier molecular flexibility index (Phi) is 8.53. The highest BCUT2D eigenvalue weighted by Crippen LogP contribution is 2.10. The Balaban J connectivity index is 0.00000288. The van der Waals surface area contributed by atoms with Crippen molar-refractivity contribution in [2.75, 3.05) is 33.1 Å². The quantitative estimate of drug-likeness (QED) is 0.442. The van der Waals surface area contributed by atoms with E-state index < -0.39 is 0 Å². The molecule has 0 aliphatic heterocycles. The molecule has 1 aromatic heterocycles. The molecule has 1 heterocycles. The Morgan fingerprint density at radius 3 is 2.38 bits per heavy atom. The third kappa shape index (κ3) is 6.35. The number of benzene rings is 1. The first-order chi connectivity index (χ1) is 11.1. The minimum Gasteiger partial charge on any atom is -0.363 e. The predicted molar refractivity (Wildman–Crippen MR) is 112 cm³/mol. The second-order valence-electron chi connectivity index (χ2n) is 5.79. The van der Waals surface area contributed by atoms with Gasteiger partial charge in [0.2, 0.25) is 0 Å². The van der Waals surface area contributed by atoms with E-state index in [1.807, 2.05) is 68.5 Å². The van der Waals surface area contributed by atoms with Gasteiger partial charge in [-0.15, -0.1) is 24.0 Å². The maximum absolute atomic E-state index is 4.69. The maximum Gasteiger partial charge on any atom is 0.194 e. The first-order valence-corrected chi connectivity index (χ1v) is 7.68. The van der Waals surface area contributed by atoms with Gasteiger partial charge in [0, 0.05) is 40.9 Å². The molecule has 0 amide bonds. The number of halogens is 1. The average Bonchev–Trinajstić information content (AvgIpc) is 2.55. The highest BCUT2D eigenvalue weighted by molar-refractivity contribution is 14.0. The lowest BCUT2D eigenvalue weighted by Crippen LogP contribution is -2.36. The van der Waals surface area contributed by atoms with Crippen LogP contribution in [-0.2, 0) is 13.1 Å².